The summed E-state index contributed by atoms with van der Waals surface area (Å²) in [4.78, 5) is 25.1. The summed E-state index contributed by atoms with van der Waals surface area (Å²) < 4.78 is 0. The molecule has 5 nitrogen and oxygen atoms in total. The van der Waals surface area contributed by atoms with E-state index in [9.17, 15) is 4.79 Å². The van der Waals surface area contributed by atoms with Crippen LogP contribution < -0.4 is 5.32 Å². The van der Waals surface area contributed by atoms with Gasteiger partial charge in [0.15, 0.2) is 0 Å². The molecule has 0 atom stereocenters. The van der Waals surface area contributed by atoms with Gasteiger partial charge >= 0.3 is 0 Å². The largest absolute Gasteiger partial charge is 0.350 e. The Morgan fingerprint density at radius 1 is 1.13 bits per heavy atom. The van der Waals surface area contributed by atoms with Crippen molar-refractivity contribution < 1.29 is 4.79 Å². The van der Waals surface area contributed by atoms with Crippen LogP contribution in [0.2, 0.25) is 0 Å². The molecule has 6 heteroatoms. The molecule has 0 fully saturated rings. The monoisotopic (exact) mass is 324 g/mol. The fourth-order valence-electron chi connectivity index (χ4n) is 2.10. The van der Waals surface area contributed by atoms with Gasteiger partial charge in [-0.3, -0.25) is 9.78 Å². The van der Waals surface area contributed by atoms with Gasteiger partial charge in [0.2, 0.25) is 0 Å². The van der Waals surface area contributed by atoms with E-state index in [4.69, 9.17) is 0 Å². The summed E-state index contributed by atoms with van der Waals surface area (Å²) in [6, 6.07) is 11.2. The van der Waals surface area contributed by atoms with Gasteiger partial charge in [0.1, 0.15) is 5.69 Å². The number of carbonyl (C=O) groups is 1. The lowest BCUT2D eigenvalue weighted by molar-refractivity contribution is 0.0949. The number of amides is 1. The molecule has 3 heterocycles. The number of pyridine rings is 2. The third-order valence-electron chi connectivity index (χ3n) is 3.22. The van der Waals surface area contributed by atoms with Crippen molar-refractivity contribution in [2.24, 2.45) is 0 Å². The van der Waals surface area contributed by atoms with Crippen LogP contribution in [0.25, 0.3) is 11.4 Å². The molecule has 1 amide bonds. The van der Waals surface area contributed by atoms with Gasteiger partial charge in [-0.15, -0.1) is 11.3 Å². The minimum atomic E-state index is -0.157. The van der Waals surface area contributed by atoms with Crippen LogP contribution in [-0.2, 0) is 6.42 Å². The lowest BCUT2D eigenvalue weighted by Crippen LogP contribution is -2.26. The summed E-state index contributed by atoms with van der Waals surface area (Å²) in [5.41, 5.74) is 3.01. The summed E-state index contributed by atoms with van der Waals surface area (Å²) in [5.74, 6) is -0.157. The predicted octanol–water partition coefficient (Wildman–Crippen LogP) is 2.88. The van der Waals surface area contributed by atoms with Crippen molar-refractivity contribution in [3.8, 4) is 11.4 Å². The predicted molar refractivity (Wildman–Crippen MR) is 90.4 cm³/mol. The van der Waals surface area contributed by atoms with E-state index in [2.05, 4.69) is 20.3 Å². The van der Waals surface area contributed by atoms with Gasteiger partial charge in [0.05, 0.1) is 16.4 Å². The molecule has 0 aliphatic heterocycles. The second-order valence-corrected chi connectivity index (χ2v) is 5.95. The Kier molecular flexibility index (Phi) is 4.73. The van der Waals surface area contributed by atoms with E-state index >= 15 is 0 Å². The molecule has 23 heavy (non-hydrogen) atoms. The topological polar surface area (TPSA) is 67.8 Å². The highest BCUT2D eigenvalue weighted by Crippen LogP contribution is 2.19. The van der Waals surface area contributed by atoms with Crippen molar-refractivity contribution in [2.75, 3.05) is 6.54 Å². The fourth-order valence-corrected chi connectivity index (χ4v) is 2.89. The third-order valence-corrected chi connectivity index (χ3v) is 4.13. The molecular weight excluding hydrogens is 308 g/mol. The van der Waals surface area contributed by atoms with E-state index in [-0.39, 0.29) is 5.91 Å². The number of carbonyl (C=O) groups excluding carboxylic acids is 1. The highest BCUT2D eigenvalue weighted by atomic mass is 32.1. The van der Waals surface area contributed by atoms with Gasteiger partial charge in [0.25, 0.3) is 5.91 Å². The Morgan fingerprint density at radius 2 is 2.04 bits per heavy atom. The molecule has 3 aromatic heterocycles. The normalized spacial score (nSPS) is 10.5. The van der Waals surface area contributed by atoms with Crippen LogP contribution in [0, 0.1) is 6.92 Å². The maximum atomic E-state index is 12.0. The number of hydrogen-bond donors (Lipinski definition) is 1. The maximum Gasteiger partial charge on any atom is 0.269 e. The molecule has 0 aromatic carbocycles. The zero-order valence-corrected chi connectivity index (χ0v) is 13.5. The number of rotatable bonds is 5. The van der Waals surface area contributed by atoms with Crippen molar-refractivity contribution >= 4 is 17.2 Å². The van der Waals surface area contributed by atoms with Crippen LogP contribution in [0.5, 0.6) is 0 Å². The second kappa shape index (κ2) is 7.11. The van der Waals surface area contributed by atoms with E-state index in [0.29, 0.717) is 18.7 Å². The average Bonchev–Trinajstić information content (AvgIpc) is 3.04. The highest BCUT2D eigenvalue weighted by molar-refractivity contribution is 7.09. The van der Waals surface area contributed by atoms with Gasteiger partial charge < -0.3 is 5.32 Å². The molecule has 1 N–H and O–H groups in total. The van der Waals surface area contributed by atoms with Crippen molar-refractivity contribution in [3.05, 3.63) is 64.4 Å². The fraction of sp³-hybridized carbons (Fsp3) is 0.176. The average molecular weight is 324 g/mol. The summed E-state index contributed by atoms with van der Waals surface area (Å²) in [6.07, 6.45) is 2.44. The summed E-state index contributed by atoms with van der Waals surface area (Å²) in [5, 5.41) is 5.84. The Balaban J connectivity index is 1.55. The third kappa shape index (κ3) is 3.98. The minimum absolute atomic E-state index is 0.157. The summed E-state index contributed by atoms with van der Waals surface area (Å²) >= 11 is 1.58. The molecule has 0 spiro atoms. The Labute approximate surface area is 138 Å². The van der Waals surface area contributed by atoms with Crippen LogP contribution in [-0.4, -0.2) is 27.4 Å². The van der Waals surface area contributed by atoms with Crippen LogP contribution in [0.3, 0.4) is 0 Å². The molecule has 3 rings (SSSR count). The van der Waals surface area contributed by atoms with E-state index in [0.717, 1.165) is 22.1 Å². The Morgan fingerprint density at radius 3 is 2.83 bits per heavy atom. The lowest BCUT2D eigenvalue weighted by atomic mass is 10.3. The SMILES string of the molecule is Cc1cccc(C(=O)NCCc2nc(-c3ccccn3)cs2)n1. The number of hydrogen-bond acceptors (Lipinski definition) is 5. The van der Waals surface area contributed by atoms with Gasteiger partial charge in [-0.05, 0) is 31.2 Å². The Bertz CT molecular complexity index is 801. The van der Waals surface area contributed by atoms with Crippen LogP contribution in [0.15, 0.2) is 48.0 Å². The van der Waals surface area contributed by atoms with Gasteiger partial charge in [-0.25, -0.2) is 9.97 Å². The molecule has 0 aliphatic carbocycles. The number of aromatic nitrogens is 3. The van der Waals surface area contributed by atoms with E-state index < -0.39 is 0 Å². The molecule has 0 aliphatic rings. The summed E-state index contributed by atoms with van der Waals surface area (Å²) in [6.45, 7) is 2.40. The lowest BCUT2D eigenvalue weighted by Gasteiger charge is -2.03. The number of aryl methyl sites for hydroxylation is 1. The first kappa shape index (κ1) is 15.3. The molecule has 3 aromatic rings. The number of nitrogens with one attached hydrogen (secondary N) is 1. The first-order valence-corrected chi connectivity index (χ1v) is 8.18. The van der Waals surface area contributed by atoms with E-state index in [1.165, 1.54) is 0 Å². The molecule has 0 radical (unpaired) electrons. The number of thiazole rings is 1. The maximum absolute atomic E-state index is 12.0. The highest BCUT2D eigenvalue weighted by Gasteiger charge is 2.08. The van der Waals surface area contributed by atoms with Gasteiger partial charge in [0, 0.05) is 30.2 Å². The van der Waals surface area contributed by atoms with Crippen molar-refractivity contribution in [1.82, 2.24) is 20.3 Å². The zero-order chi connectivity index (χ0) is 16.1. The molecule has 0 bridgehead atoms. The molecular formula is C17H16N4OS. The van der Waals surface area contributed by atoms with Crippen LogP contribution in [0.1, 0.15) is 21.2 Å². The standard InChI is InChI=1S/C17H16N4OS/c1-12-5-4-7-14(20-12)17(22)19-10-8-16-21-15(11-23-16)13-6-2-3-9-18-13/h2-7,9,11H,8,10H2,1H3,(H,19,22). The van der Waals surface area contributed by atoms with Crippen LogP contribution >= 0.6 is 11.3 Å². The smallest absolute Gasteiger partial charge is 0.269 e. The molecule has 0 saturated carbocycles. The molecule has 0 unspecified atom stereocenters. The quantitative estimate of drug-likeness (QED) is 0.783. The molecule has 116 valence electrons. The van der Waals surface area contributed by atoms with Crippen molar-refractivity contribution in [1.29, 1.82) is 0 Å². The Hall–Kier alpha value is -2.60. The second-order valence-electron chi connectivity index (χ2n) is 5.01. The van der Waals surface area contributed by atoms with Gasteiger partial charge in [-0.1, -0.05) is 12.1 Å². The first-order chi connectivity index (χ1) is 11.2. The van der Waals surface area contributed by atoms with E-state index in [1.54, 1.807) is 23.6 Å². The molecule has 0 saturated heterocycles. The summed E-state index contributed by atoms with van der Waals surface area (Å²) in [7, 11) is 0. The zero-order valence-electron chi connectivity index (χ0n) is 12.7. The van der Waals surface area contributed by atoms with Crippen LogP contribution in [0.4, 0.5) is 0 Å². The number of nitrogens with zero attached hydrogens (tertiary/aromatic N) is 3. The van der Waals surface area contributed by atoms with Crippen molar-refractivity contribution in [2.45, 2.75) is 13.3 Å². The van der Waals surface area contributed by atoms with Crippen molar-refractivity contribution in [3.63, 3.8) is 0 Å². The van der Waals surface area contributed by atoms with E-state index in [1.807, 2.05) is 42.6 Å². The minimum Gasteiger partial charge on any atom is -0.350 e. The van der Waals surface area contributed by atoms with Gasteiger partial charge in [-0.2, -0.15) is 0 Å². The first-order valence-electron chi connectivity index (χ1n) is 7.30.